The van der Waals surface area contributed by atoms with Gasteiger partial charge in [-0.25, -0.2) is 4.79 Å². The number of likely N-dealkylation sites (tertiary alicyclic amines) is 1. The van der Waals surface area contributed by atoms with Crippen molar-refractivity contribution in [2.24, 2.45) is 0 Å². The maximum Gasteiger partial charge on any atom is 0.335 e. The Morgan fingerprint density at radius 2 is 1.96 bits per heavy atom. The van der Waals surface area contributed by atoms with Crippen LogP contribution in [0.1, 0.15) is 45.9 Å². The molecule has 1 fully saturated rings. The molecule has 1 N–H and O–H groups in total. The number of aryl methyl sites for hydroxylation is 1. The minimum atomic E-state index is -0.969. The van der Waals surface area contributed by atoms with Crippen molar-refractivity contribution in [1.29, 1.82) is 0 Å². The lowest BCUT2D eigenvalue weighted by Crippen LogP contribution is -2.32. The molecule has 1 aliphatic rings. The van der Waals surface area contributed by atoms with Gasteiger partial charge < -0.3 is 10.0 Å². The van der Waals surface area contributed by atoms with Gasteiger partial charge in [0.25, 0.3) is 0 Å². The molecule has 0 bridgehead atoms. The van der Waals surface area contributed by atoms with Crippen LogP contribution in [0.15, 0.2) is 48.5 Å². The number of carboxylic acids is 1. The van der Waals surface area contributed by atoms with Crippen molar-refractivity contribution < 1.29 is 14.7 Å². The summed E-state index contributed by atoms with van der Waals surface area (Å²) in [6.07, 6.45) is 2.22. The van der Waals surface area contributed by atoms with Crippen molar-refractivity contribution in [1.82, 2.24) is 4.90 Å². The third-order valence-corrected chi connectivity index (χ3v) is 4.65. The Labute approximate surface area is 141 Å². The molecule has 1 unspecified atom stereocenters. The van der Waals surface area contributed by atoms with E-state index in [2.05, 4.69) is 19.1 Å². The predicted molar refractivity (Wildman–Crippen MR) is 92.0 cm³/mol. The molecule has 124 valence electrons. The molecule has 1 amide bonds. The molecule has 4 nitrogen and oxygen atoms in total. The van der Waals surface area contributed by atoms with Gasteiger partial charge in [-0.15, -0.1) is 0 Å². The molecule has 4 heteroatoms. The van der Waals surface area contributed by atoms with Crippen LogP contribution in [0.3, 0.4) is 0 Å². The monoisotopic (exact) mass is 323 g/mol. The highest BCUT2D eigenvalue weighted by Crippen LogP contribution is 2.34. The third kappa shape index (κ3) is 3.32. The lowest BCUT2D eigenvalue weighted by atomic mass is 9.99. The van der Waals surface area contributed by atoms with Crippen molar-refractivity contribution in [2.45, 2.75) is 32.2 Å². The number of hydrogen-bond donors (Lipinski definition) is 1. The molecule has 1 saturated heterocycles. The van der Waals surface area contributed by atoms with Gasteiger partial charge in [0.15, 0.2) is 0 Å². The molecule has 1 heterocycles. The van der Waals surface area contributed by atoms with Crippen molar-refractivity contribution in [3.8, 4) is 0 Å². The van der Waals surface area contributed by atoms with Crippen LogP contribution in [-0.2, 0) is 11.2 Å². The SMILES string of the molecule is Cc1ccccc1C1CCCN1C(=O)Cc1cccc(C(=O)O)c1. The van der Waals surface area contributed by atoms with Gasteiger partial charge in [-0.3, -0.25) is 4.79 Å². The van der Waals surface area contributed by atoms with E-state index in [1.165, 1.54) is 11.1 Å². The minimum Gasteiger partial charge on any atom is -0.478 e. The fourth-order valence-electron chi connectivity index (χ4n) is 3.44. The van der Waals surface area contributed by atoms with Gasteiger partial charge in [0.05, 0.1) is 18.0 Å². The Bertz CT molecular complexity index is 769. The van der Waals surface area contributed by atoms with Crippen LogP contribution in [-0.4, -0.2) is 28.4 Å². The summed E-state index contributed by atoms with van der Waals surface area (Å²) in [5.41, 5.74) is 3.38. The molecule has 1 atom stereocenters. The molecule has 1 aliphatic heterocycles. The smallest absolute Gasteiger partial charge is 0.335 e. The number of amides is 1. The van der Waals surface area contributed by atoms with Crippen LogP contribution in [0.25, 0.3) is 0 Å². The van der Waals surface area contributed by atoms with Gasteiger partial charge >= 0.3 is 5.97 Å². The summed E-state index contributed by atoms with van der Waals surface area (Å²) in [5, 5.41) is 9.08. The number of aromatic carboxylic acids is 1. The summed E-state index contributed by atoms with van der Waals surface area (Å²) in [7, 11) is 0. The summed E-state index contributed by atoms with van der Waals surface area (Å²) in [4.78, 5) is 25.8. The number of nitrogens with zero attached hydrogens (tertiary/aromatic N) is 1. The molecular formula is C20H21NO3. The predicted octanol–water partition coefficient (Wildman–Crippen LogP) is 3.60. The molecule has 0 saturated carbocycles. The highest BCUT2D eigenvalue weighted by Gasteiger charge is 2.30. The van der Waals surface area contributed by atoms with E-state index < -0.39 is 5.97 Å². The number of hydrogen-bond acceptors (Lipinski definition) is 2. The lowest BCUT2D eigenvalue weighted by Gasteiger charge is -2.26. The zero-order valence-electron chi connectivity index (χ0n) is 13.7. The van der Waals surface area contributed by atoms with E-state index in [9.17, 15) is 9.59 Å². The molecular weight excluding hydrogens is 302 g/mol. The van der Waals surface area contributed by atoms with Crippen molar-refractivity contribution in [2.75, 3.05) is 6.54 Å². The zero-order valence-corrected chi connectivity index (χ0v) is 13.7. The van der Waals surface area contributed by atoms with E-state index in [0.717, 1.165) is 24.9 Å². The summed E-state index contributed by atoms with van der Waals surface area (Å²) >= 11 is 0. The normalized spacial score (nSPS) is 17.0. The second kappa shape index (κ2) is 6.87. The van der Waals surface area contributed by atoms with Crippen LogP contribution in [0.5, 0.6) is 0 Å². The Morgan fingerprint density at radius 3 is 2.71 bits per heavy atom. The average Bonchev–Trinajstić information content (AvgIpc) is 3.05. The van der Waals surface area contributed by atoms with Gasteiger partial charge in [0.2, 0.25) is 5.91 Å². The Hall–Kier alpha value is -2.62. The largest absolute Gasteiger partial charge is 0.478 e. The second-order valence-corrected chi connectivity index (χ2v) is 6.28. The number of benzene rings is 2. The number of carboxylic acid groups (broad SMARTS) is 1. The fourth-order valence-corrected chi connectivity index (χ4v) is 3.44. The van der Waals surface area contributed by atoms with Crippen molar-refractivity contribution in [3.63, 3.8) is 0 Å². The number of rotatable bonds is 4. The van der Waals surface area contributed by atoms with Gasteiger partial charge in [-0.1, -0.05) is 36.4 Å². The molecule has 2 aromatic carbocycles. The zero-order chi connectivity index (χ0) is 17.1. The Kier molecular flexibility index (Phi) is 4.65. The van der Waals surface area contributed by atoms with E-state index in [1.807, 2.05) is 23.1 Å². The van der Waals surface area contributed by atoms with Gasteiger partial charge in [-0.2, -0.15) is 0 Å². The minimum absolute atomic E-state index is 0.0586. The van der Waals surface area contributed by atoms with Crippen molar-refractivity contribution in [3.05, 3.63) is 70.8 Å². The molecule has 0 spiro atoms. The molecule has 3 rings (SSSR count). The average molecular weight is 323 g/mol. The van der Waals surface area contributed by atoms with Crippen LogP contribution >= 0.6 is 0 Å². The maximum absolute atomic E-state index is 12.8. The van der Waals surface area contributed by atoms with Crippen LogP contribution < -0.4 is 0 Å². The fraction of sp³-hybridized carbons (Fsp3) is 0.300. The van der Waals surface area contributed by atoms with Crippen molar-refractivity contribution >= 4 is 11.9 Å². The first-order chi connectivity index (χ1) is 11.6. The number of carbonyl (C=O) groups excluding carboxylic acids is 1. The summed E-state index contributed by atoms with van der Waals surface area (Å²) in [5.74, 6) is -0.911. The molecule has 0 radical (unpaired) electrons. The highest BCUT2D eigenvalue weighted by molar-refractivity contribution is 5.88. The van der Waals surface area contributed by atoms with Crippen LogP contribution in [0.2, 0.25) is 0 Å². The number of carbonyl (C=O) groups is 2. The van der Waals surface area contributed by atoms with E-state index in [1.54, 1.807) is 18.2 Å². The van der Waals surface area contributed by atoms with Gasteiger partial charge in [0, 0.05) is 6.54 Å². The first kappa shape index (κ1) is 16.2. The maximum atomic E-state index is 12.8. The summed E-state index contributed by atoms with van der Waals surface area (Å²) in [6.45, 7) is 2.84. The highest BCUT2D eigenvalue weighted by atomic mass is 16.4. The first-order valence-corrected chi connectivity index (χ1v) is 8.23. The Morgan fingerprint density at radius 1 is 1.17 bits per heavy atom. The van der Waals surface area contributed by atoms with Gasteiger partial charge in [-0.05, 0) is 48.6 Å². The molecule has 0 aromatic heterocycles. The summed E-state index contributed by atoms with van der Waals surface area (Å²) in [6, 6.07) is 14.9. The first-order valence-electron chi connectivity index (χ1n) is 8.23. The molecule has 24 heavy (non-hydrogen) atoms. The van der Waals surface area contributed by atoms with Crippen LogP contribution in [0, 0.1) is 6.92 Å². The Balaban J connectivity index is 1.78. The molecule has 2 aromatic rings. The quantitative estimate of drug-likeness (QED) is 0.935. The van der Waals surface area contributed by atoms with E-state index in [4.69, 9.17) is 5.11 Å². The van der Waals surface area contributed by atoms with Gasteiger partial charge in [0.1, 0.15) is 0 Å². The summed E-state index contributed by atoms with van der Waals surface area (Å²) < 4.78 is 0. The molecule has 0 aliphatic carbocycles. The second-order valence-electron chi connectivity index (χ2n) is 6.28. The topological polar surface area (TPSA) is 57.6 Å². The van der Waals surface area contributed by atoms with E-state index in [0.29, 0.717) is 0 Å². The van der Waals surface area contributed by atoms with Crippen LogP contribution in [0.4, 0.5) is 0 Å². The third-order valence-electron chi connectivity index (χ3n) is 4.65. The van der Waals surface area contributed by atoms with E-state index in [-0.39, 0.29) is 23.9 Å². The van der Waals surface area contributed by atoms with E-state index >= 15 is 0 Å². The lowest BCUT2D eigenvalue weighted by molar-refractivity contribution is -0.131. The standard InChI is InChI=1S/C20H21NO3/c1-14-6-2-3-9-17(14)18-10-5-11-21(18)19(22)13-15-7-4-8-16(12-15)20(23)24/h2-4,6-9,12,18H,5,10-11,13H2,1H3,(H,23,24).